The summed E-state index contributed by atoms with van der Waals surface area (Å²) in [6.45, 7) is 3.39. The van der Waals surface area contributed by atoms with Gasteiger partial charge in [0.05, 0.1) is 40.5 Å². The van der Waals surface area contributed by atoms with Crippen LogP contribution in [0.2, 0.25) is 0 Å². The average molecular weight is 697 g/mol. The quantitative estimate of drug-likeness (QED) is 0.128. The summed E-state index contributed by atoms with van der Waals surface area (Å²) in [7, 11) is 6.06. The summed E-state index contributed by atoms with van der Waals surface area (Å²) >= 11 is 0. The molecule has 0 aliphatic heterocycles. The Morgan fingerprint density at radius 1 is 0.549 bits per heavy atom. The summed E-state index contributed by atoms with van der Waals surface area (Å²) in [5.41, 5.74) is -3.46. The molecular weight excluding hydrogens is 648 g/mol. The summed E-state index contributed by atoms with van der Waals surface area (Å²) in [4.78, 5) is 29.1. The number of para-hydroxylation sites is 4. The van der Waals surface area contributed by atoms with Crippen LogP contribution in [0.15, 0.2) is 97.1 Å². The highest BCUT2D eigenvalue weighted by atomic mass is 16.5. The normalized spacial score (nSPS) is 15.3. The summed E-state index contributed by atoms with van der Waals surface area (Å²) in [5, 5.41) is 31.5. The van der Waals surface area contributed by atoms with Crippen LogP contribution in [0.1, 0.15) is 61.8 Å². The maximum Gasteiger partial charge on any atom is 0.236 e. The van der Waals surface area contributed by atoms with Crippen LogP contribution in [-0.4, -0.2) is 62.6 Å². The first kappa shape index (κ1) is 37.2. The Labute approximate surface area is 299 Å². The first-order chi connectivity index (χ1) is 24.5. The lowest BCUT2D eigenvalue weighted by molar-refractivity contribution is -0.146. The van der Waals surface area contributed by atoms with E-state index in [1.54, 1.807) is 111 Å². The second kappa shape index (κ2) is 15.4. The van der Waals surface area contributed by atoms with E-state index in [2.05, 4.69) is 10.6 Å². The molecule has 5 rings (SSSR count). The number of hydrogen-bond acceptors (Lipinski definition) is 8. The molecule has 0 radical (unpaired) electrons. The van der Waals surface area contributed by atoms with Crippen LogP contribution in [0.5, 0.6) is 23.0 Å². The third kappa shape index (κ3) is 6.61. The SMILES string of the molecule is COc1ccccc1C(O)(c1ccccc1OC)[C@@H](C)NC(=O)C1(C(=O)N[C@H](C)C(O)(c2ccccc2OC)c2ccccc2OC)CCCC1. The van der Waals surface area contributed by atoms with Gasteiger partial charge in [0.2, 0.25) is 11.8 Å². The van der Waals surface area contributed by atoms with E-state index in [9.17, 15) is 19.8 Å². The van der Waals surface area contributed by atoms with E-state index in [4.69, 9.17) is 18.9 Å². The van der Waals surface area contributed by atoms with E-state index >= 15 is 0 Å². The average Bonchev–Trinajstić information content (AvgIpc) is 3.69. The number of ether oxygens (including phenoxy) is 4. The minimum atomic E-state index is -1.83. The van der Waals surface area contributed by atoms with Crippen molar-refractivity contribution in [2.24, 2.45) is 5.41 Å². The Morgan fingerprint density at radius 2 is 0.804 bits per heavy atom. The second-order valence-corrected chi connectivity index (χ2v) is 13.0. The number of carbonyl (C=O) groups excluding carboxylic acids is 2. The highest BCUT2D eigenvalue weighted by Gasteiger charge is 2.53. The van der Waals surface area contributed by atoms with E-state index in [1.807, 2.05) is 0 Å². The van der Waals surface area contributed by atoms with Crippen molar-refractivity contribution in [1.29, 1.82) is 0 Å². The third-order valence-corrected chi connectivity index (χ3v) is 10.3. The summed E-state index contributed by atoms with van der Waals surface area (Å²) in [6, 6.07) is 26.3. The Hall–Kier alpha value is -5.06. The Balaban J connectivity index is 1.53. The molecule has 4 N–H and O–H groups in total. The number of nitrogens with one attached hydrogen (secondary N) is 2. The van der Waals surface area contributed by atoms with Gasteiger partial charge in [-0.2, -0.15) is 0 Å². The molecule has 0 heterocycles. The fourth-order valence-corrected chi connectivity index (χ4v) is 7.48. The number of benzene rings is 4. The molecule has 51 heavy (non-hydrogen) atoms. The van der Waals surface area contributed by atoms with Crippen molar-refractivity contribution in [2.45, 2.75) is 62.8 Å². The van der Waals surface area contributed by atoms with Gasteiger partial charge < -0.3 is 39.8 Å². The van der Waals surface area contributed by atoms with Crippen molar-refractivity contribution >= 4 is 11.8 Å². The van der Waals surface area contributed by atoms with Crippen molar-refractivity contribution in [3.63, 3.8) is 0 Å². The summed E-state index contributed by atoms with van der Waals surface area (Å²) in [5.74, 6) is 0.613. The van der Waals surface area contributed by atoms with Gasteiger partial charge in [-0.15, -0.1) is 0 Å². The lowest BCUT2D eigenvalue weighted by atomic mass is 9.77. The lowest BCUT2D eigenvalue weighted by Gasteiger charge is -2.40. The molecular formula is C41H48N2O8. The molecule has 1 aliphatic rings. The molecule has 4 aromatic carbocycles. The number of hydrogen-bond donors (Lipinski definition) is 4. The first-order valence-corrected chi connectivity index (χ1v) is 17.1. The molecule has 2 amide bonds. The van der Waals surface area contributed by atoms with Gasteiger partial charge in [-0.05, 0) is 51.0 Å². The molecule has 10 nitrogen and oxygen atoms in total. The van der Waals surface area contributed by atoms with Crippen LogP contribution in [-0.2, 0) is 20.8 Å². The van der Waals surface area contributed by atoms with Gasteiger partial charge in [-0.3, -0.25) is 9.59 Å². The smallest absolute Gasteiger partial charge is 0.236 e. The zero-order valence-electron chi connectivity index (χ0n) is 30.1. The largest absolute Gasteiger partial charge is 0.496 e. The van der Waals surface area contributed by atoms with Gasteiger partial charge in [0.1, 0.15) is 39.6 Å². The maximum atomic E-state index is 14.6. The first-order valence-electron chi connectivity index (χ1n) is 17.1. The van der Waals surface area contributed by atoms with Gasteiger partial charge in [0.15, 0.2) is 0 Å². The summed E-state index contributed by atoms with van der Waals surface area (Å²) < 4.78 is 22.6. The van der Waals surface area contributed by atoms with Crippen LogP contribution in [0.4, 0.5) is 0 Å². The standard InChI is InChI=1S/C41H48N2O8/c1-27(40(46,29-17-7-11-21-33(29)48-3)30-18-8-12-22-34(30)49-4)42-37(44)39(25-15-16-26-39)38(45)43-28(2)41(47,31-19-9-13-23-35(31)50-5)32-20-10-14-24-36(32)51-6/h7-14,17-24,27-28,46-47H,15-16,25-26H2,1-6H3,(H,42,44)(H,43,45)/t27-,28-/m1/s1. The van der Waals surface area contributed by atoms with Gasteiger partial charge in [-0.25, -0.2) is 0 Å². The van der Waals surface area contributed by atoms with Crippen molar-refractivity contribution in [1.82, 2.24) is 10.6 Å². The predicted molar refractivity (Wildman–Crippen MR) is 194 cm³/mol. The fourth-order valence-electron chi connectivity index (χ4n) is 7.48. The lowest BCUT2D eigenvalue weighted by Crippen LogP contribution is -2.59. The second-order valence-electron chi connectivity index (χ2n) is 13.0. The van der Waals surface area contributed by atoms with E-state index < -0.39 is 40.5 Å². The number of carbonyl (C=O) groups is 2. The Morgan fingerprint density at radius 3 is 1.06 bits per heavy atom. The van der Waals surface area contributed by atoms with Gasteiger partial charge in [0, 0.05) is 22.3 Å². The third-order valence-electron chi connectivity index (χ3n) is 10.3. The fraction of sp³-hybridized carbons (Fsp3) is 0.366. The molecule has 10 heteroatoms. The van der Waals surface area contributed by atoms with Crippen LogP contribution < -0.4 is 29.6 Å². The zero-order chi connectivity index (χ0) is 36.8. The molecule has 4 aromatic rings. The summed E-state index contributed by atoms with van der Waals surface area (Å²) in [6.07, 6.45) is 1.87. The molecule has 0 aromatic heterocycles. The molecule has 270 valence electrons. The highest BCUT2D eigenvalue weighted by Crippen LogP contribution is 2.46. The minimum absolute atomic E-state index is 0.285. The van der Waals surface area contributed by atoms with Crippen molar-refractivity contribution in [3.8, 4) is 23.0 Å². The van der Waals surface area contributed by atoms with Crippen LogP contribution in [0, 0.1) is 5.41 Å². The topological polar surface area (TPSA) is 136 Å². The van der Waals surface area contributed by atoms with Gasteiger partial charge in [0.25, 0.3) is 0 Å². The molecule has 1 aliphatic carbocycles. The van der Waals surface area contributed by atoms with Crippen molar-refractivity contribution < 1.29 is 38.7 Å². The Bertz CT molecular complexity index is 1610. The minimum Gasteiger partial charge on any atom is -0.496 e. The predicted octanol–water partition coefficient (Wildman–Crippen LogP) is 5.46. The molecule has 0 unspecified atom stereocenters. The number of amides is 2. The van der Waals surface area contributed by atoms with E-state index in [-0.39, 0.29) is 12.8 Å². The molecule has 1 saturated carbocycles. The van der Waals surface area contributed by atoms with Crippen molar-refractivity contribution in [2.75, 3.05) is 28.4 Å². The Kier molecular flexibility index (Phi) is 11.3. The monoisotopic (exact) mass is 696 g/mol. The molecule has 0 spiro atoms. The maximum absolute atomic E-state index is 14.6. The van der Waals surface area contributed by atoms with E-state index in [0.29, 0.717) is 58.1 Å². The van der Waals surface area contributed by atoms with Crippen molar-refractivity contribution in [3.05, 3.63) is 119 Å². The molecule has 0 bridgehead atoms. The van der Waals surface area contributed by atoms with E-state index in [0.717, 1.165) is 0 Å². The molecule has 2 atom stereocenters. The van der Waals surface area contributed by atoms with Crippen LogP contribution in [0.25, 0.3) is 0 Å². The van der Waals surface area contributed by atoms with E-state index in [1.165, 1.54) is 28.4 Å². The number of rotatable bonds is 14. The number of methoxy groups -OCH3 is 4. The van der Waals surface area contributed by atoms with Crippen LogP contribution >= 0.6 is 0 Å². The van der Waals surface area contributed by atoms with Gasteiger partial charge >= 0.3 is 0 Å². The highest BCUT2D eigenvalue weighted by molar-refractivity contribution is 6.05. The number of aliphatic hydroxyl groups is 2. The van der Waals surface area contributed by atoms with Crippen LogP contribution in [0.3, 0.4) is 0 Å². The molecule has 0 saturated heterocycles. The molecule has 1 fully saturated rings. The zero-order valence-corrected chi connectivity index (χ0v) is 30.1. The van der Waals surface area contributed by atoms with Gasteiger partial charge in [-0.1, -0.05) is 85.6 Å².